The number of benzene rings is 1. The number of carboxylic acid groups (broad SMARTS) is 1. The molecule has 5 heteroatoms. The monoisotopic (exact) mass is 242 g/mol. The summed E-state index contributed by atoms with van der Waals surface area (Å²) in [5, 5.41) is 16.4. The Morgan fingerprint density at radius 2 is 2.22 bits per heavy atom. The Bertz CT molecular complexity index is 740. The number of aromatic carboxylic acids is 1. The fraction of sp³-hybridized carbons (Fsp3) is 0.0769. The maximum Gasteiger partial charge on any atom is 0.339 e. The van der Waals surface area contributed by atoms with Crippen LogP contribution in [-0.4, -0.2) is 21.3 Å². The van der Waals surface area contributed by atoms with Gasteiger partial charge in [0.2, 0.25) is 0 Å². The number of hydrogen-bond donors (Lipinski definition) is 2. The lowest BCUT2D eigenvalue weighted by molar-refractivity contribution is 0.0697. The van der Waals surface area contributed by atoms with Crippen molar-refractivity contribution >= 4 is 16.9 Å². The van der Waals surface area contributed by atoms with Gasteiger partial charge in [0, 0.05) is 5.39 Å². The summed E-state index contributed by atoms with van der Waals surface area (Å²) in [4.78, 5) is 11.0. The van der Waals surface area contributed by atoms with Crippen LogP contribution in [0.1, 0.15) is 15.9 Å². The average molecular weight is 242 g/mol. The zero-order valence-electron chi connectivity index (χ0n) is 9.60. The maximum atomic E-state index is 11.0. The highest BCUT2D eigenvalue weighted by molar-refractivity contribution is 5.95. The number of carboxylic acids is 1. The molecule has 0 spiro atoms. The minimum absolute atomic E-state index is 0.103. The Kier molecular flexibility index (Phi) is 2.19. The summed E-state index contributed by atoms with van der Waals surface area (Å²) in [7, 11) is 0. The third-order valence-electron chi connectivity index (χ3n) is 2.79. The number of aromatic amines is 1. The second-order valence-electron chi connectivity index (χ2n) is 4.12. The van der Waals surface area contributed by atoms with Gasteiger partial charge >= 0.3 is 5.97 Å². The van der Waals surface area contributed by atoms with Gasteiger partial charge in [0.25, 0.3) is 0 Å². The first kappa shape index (κ1) is 10.6. The Morgan fingerprint density at radius 3 is 3.00 bits per heavy atom. The van der Waals surface area contributed by atoms with Gasteiger partial charge in [-0.2, -0.15) is 5.10 Å². The number of rotatable bonds is 2. The number of hydrogen-bond acceptors (Lipinski definition) is 3. The van der Waals surface area contributed by atoms with Crippen molar-refractivity contribution in [2.24, 2.45) is 0 Å². The SMILES string of the molecule is Cc1ccc2oc(-c3[nH]ncc3C(=O)O)cc2c1. The third kappa shape index (κ3) is 1.57. The van der Waals surface area contributed by atoms with Crippen molar-refractivity contribution in [2.45, 2.75) is 6.92 Å². The molecule has 0 bridgehead atoms. The summed E-state index contributed by atoms with van der Waals surface area (Å²) in [5.74, 6) is -0.555. The van der Waals surface area contributed by atoms with Gasteiger partial charge in [-0.3, -0.25) is 5.10 Å². The van der Waals surface area contributed by atoms with Crippen molar-refractivity contribution in [3.63, 3.8) is 0 Å². The van der Waals surface area contributed by atoms with Crippen molar-refractivity contribution in [1.29, 1.82) is 0 Å². The van der Waals surface area contributed by atoms with E-state index in [0.717, 1.165) is 16.5 Å². The van der Waals surface area contributed by atoms with Gasteiger partial charge in [-0.15, -0.1) is 0 Å². The number of aromatic nitrogens is 2. The lowest BCUT2D eigenvalue weighted by Gasteiger charge is -1.93. The minimum atomic E-state index is -1.03. The first-order chi connectivity index (χ1) is 8.65. The Hall–Kier alpha value is -2.56. The van der Waals surface area contributed by atoms with E-state index in [4.69, 9.17) is 9.52 Å². The summed E-state index contributed by atoms with van der Waals surface area (Å²) < 4.78 is 5.62. The largest absolute Gasteiger partial charge is 0.478 e. The zero-order valence-corrected chi connectivity index (χ0v) is 9.60. The predicted octanol–water partition coefficient (Wildman–Crippen LogP) is 2.83. The predicted molar refractivity (Wildman–Crippen MR) is 65.5 cm³/mol. The van der Waals surface area contributed by atoms with Crippen LogP contribution in [0, 0.1) is 6.92 Å². The van der Waals surface area contributed by atoms with Crippen LogP contribution in [0.3, 0.4) is 0 Å². The molecule has 0 fully saturated rings. The minimum Gasteiger partial charge on any atom is -0.478 e. The molecule has 0 unspecified atom stereocenters. The van der Waals surface area contributed by atoms with E-state index >= 15 is 0 Å². The smallest absolute Gasteiger partial charge is 0.339 e. The summed E-state index contributed by atoms with van der Waals surface area (Å²) in [6.45, 7) is 1.99. The highest BCUT2D eigenvalue weighted by Gasteiger charge is 2.17. The Labute approximate surface area is 102 Å². The molecule has 3 rings (SSSR count). The van der Waals surface area contributed by atoms with Crippen LogP contribution in [-0.2, 0) is 0 Å². The van der Waals surface area contributed by atoms with E-state index in [2.05, 4.69) is 10.2 Å². The molecule has 0 aliphatic carbocycles. The summed E-state index contributed by atoms with van der Waals surface area (Å²) in [5.41, 5.74) is 2.33. The molecular formula is C13H10N2O3. The lowest BCUT2D eigenvalue weighted by Crippen LogP contribution is -1.95. The number of H-pyrrole nitrogens is 1. The Balaban J connectivity index is 2.19. The fourth-order valence-electron chi connectivity index (χ4n) is 1.92. The fourth-order valence-corrected chi connectivity index (χ4v) is 1.92. The van der Waals surface area contributed by atoms with E-state index in [1.54, 1.807) is 0 Å². The molecule has 3 aromatic rings. The van der Waals surface area contributed by atoms with Crippen LogP contribution in [0.2, 0.25) is 0 Å². The van der Waals surface area contributed by atoms with E-state index < -0.39 is 5.97 Å². The molecule has 0 aliphatic rings. The molecule has 2 heterocycles. The van der Waals surface area contributed by atoms with Gasteiger partial charge in [-0.25, -0.2) is 4.79 Å². The molecule has 0 saturated heterocycles. The van der Waals surface area contributed by atoms with E-state index in [9.17, 15) is 4.79 Å². The molecule has 2 aromatic heterocycles. The number of nitrogens with one attached hydrogen (secondary N) is 1. The highest BCUT2D eigenvalue weighted by atomic mass is 16.4. The first-order valence-corrected chi connectivity index (χ1v) is 5.42. The second kappa shape index (κ2) is 3.73. The van der Waals surface area contributed by atoms with E-state index in [0.29, 0.717) is 11.5 Å². The number of aryl methyl sites for hydroxylation is 1. The molecule has 0 amide bonds. The second-order valence-corrected chi connectivity index (χ2v) is 4.12. The molecule has 1 aromatic carbocycles. The van der Waals surface area contributed by atoms with Crippen LogP contribution in [0.15, 0.2) is 34.9 Å². The van der Waals surface area contributed by atoms with Gasteiger partial charge in [0.15, 0.2) is 5.76 Å². The molecule has 0 aliphatic heterocycles. The van der Waals surface area contributed by atoms with Gasteiger partial charge in [-0.05, 0) is 25.1 Å². The van der Waals surface area contributed by atoms with Gasteiger partial charge in [0.05, 0.1) is 6.20 Å². The van der Waals surface area contributed by atoms with Crippen LogP contribution in [0.4, 0.5) is 0 Å². The van der Waals surface area contributed by atoms with Gasteiger partial charge < -0.3 is 9.52 Å². The summed E-state index contributed by atoms with van der Waals surface area (Å²) in [6.07, 6.45) is 1.27. The van der Waals surface area contributed by atoms with Crippen LogP contribution >= 0.6 is 0 Å². The topological polar surface area (TPSA) is 79.1 Å². The molecular weight excluding hydrogens is 232 g/mol. The molecule has 2 N–H and O–H groups in total. The van der Waals surface area contributed by atoms with Gasteiger partial charge in [0.1, 0.15) is 16.8 Å². The van der Waals surface area contributed by atoms with Gasteiger partial charge in [-0.1, -0.05) is 11.6 Å². The zero-order chi connectivity index (χ0) is 12.7. The van der Waals surface area contributed by atoms with Crippen LogP contribution in [0.25, 0.3) is 22.4 Å². The number of carbonyl (C=O) groups is 1. The third-order valence-corrected chi connectivity index (χ3v) is 2.79. The Morgan fingerprint density at radius 1 is 1.39 bits per heavy atom. The highest BCUT2D eigenvalue weighted by Crippen LogP contribution is 2.29. The molecule has 5 nitrogen and oxygen atoms in total. The standard InChI is InChI=1S/C13H10N2O3/c1-7-2-3-10-8(4-7)5-11(18-10)12-9(13(16)17)6-14-15-12/h2-6H,1H3,(H,14,15)(H,16,17). The summed E-state index contributed by atoms with van der Waals surface area (Å²) >= 11 is 0. The van der Waals surface area contributed by atoms with E-state index in [1.807, 2.05) is 31.2 Å². The molecule has 18 heavy (non-hydrogen) atoms. The lowest BCUT2D eigenvalue weighted by atomic mass is 10.1. The molecule has 0 saturated carbocycles. The van der Waals surface area contributed by atoms with E-state index in [1.165, 1.54) is 6.20 Å². The average Bonchev–Trinajstić information content (AvgIpc) is 2.93. The summed E-state index contributed by atoms with van der Waals surface area (Å²) in [6, 6.07) is 7.60. The quantitative estimate of drug-likeness (QED) is 0.724. The van der Waals surface area contributed by atoms with E-state index in [-0.39, 0.29) is 5.56 Å². The van der Waals surface area contributed by atoms with Crippen LogP contribution in [0.5, 0.6) is 0 Å². The molecule has 0 atom stereocenters. The first-order valence-electron chi connectivity index (χ1n) is 5.42. The maximum absolute atomic E-state index is 11.0. The van der Waals surface area contributed by atoms with Crippen molar-refractivity contribution in [1.82, 2.24) is 10.2 Å². The number of furan rings is 1. The number of nitrogens with zero attached hydrogens (tertiary/aromatic N) is 1. The van der Waals surface area contributed by atoms with Crippen molar-refractivity contribution in [3.8, 4) is 11.5 Å². The normalized spacial score (nSPS) is 10.9. The van der Waals surface area contributed by atoms with Crippen molar-refractivity contribution < 1.29 is 14.3 Å². The van der Waals surface area contributed by atoms with Crippen molar-refractivity contribution in [2.75, 3.05) is 0 Å². The van der Waals surface area contributed by atoms with Crippen LogP contribution < -0.4 is 0 Å². The number of fused-ring (bicyclic) bond motifs is 1. The molecule has 0 radical (unpaired) electrons. The van der Waals surface area contributed by atoms with Crippen molar-refractivity contribution in [3.05, 3.63) is 41.6 Å². The molecule has 90 valence electrons.